The van der Waals surface area contributed by atoms with Gasteiger partial charge in [-0.15, -0.1) is 0 Å². The maximum absolute atomic E-state index is 9.69. The first kappa shape index (κ1) is 30.1. The molecule has 2 saturated heterocycles. The van der Waals surface area contributed by atoms with Gasteiger partial charge in [0.15, 0.2) is 18.4 Å². The molecule has 0 bridgehead atoms. The Labute approximate surface area is 187 Å². The second kappa shape index (κ2) is 15.1. The van der Waals surface area contributed by atoms with Gasteiger partial charge in [0.05, 0.1) is 12.2 Å². The summed E-state index contributed by atoms with van der Waals surface area (Å²) < 4.78 is 21.2. The van der Waals surface area contributed by atoms with Crippen LogP contribution in [0.25, 0.3) is 0 Å². The van der Waals surface area contributed by atoms with Crippen LogP contribution in [-0.2, 0) is 23.7 Å². The van der Waals surface area contributed by atoms with Crippen molar-refractivity contribution < 1.29 is 39.1 Å². The summed E-state index contributed by atoms with van der Waals surface area (Å²) in [6.07, 6.45) is -1.50. The molecule has 0 aromatic carbocycles. The normalized spacial score (nSPS) is 40.0. The Balaban J connectivity index is 0.000000479. The van der Waals surface area contributed by atoms with Gasteiger partial charge in [0.2, 0.25) is 0 Å². The van der Waals surface area contributed by atoms with Gasteiger partial charge in [-0.1, -0.05) is 41.2 Å². The number of carbonyl (C=O) groups is 1. The molecule has 8 heteroatoms. The van der Waals surface area contributed by atoms with E-state index in [0.29, 0.717) is 30.3 Å². The number of aliphatic hydroxyl groups excluding tert-OH is 3. The second-order valence-electron chi connectivity index (χ2n) is 8.24. The summed E-state index contributed by atoms with van der Waals surface area (Å²) in [5.41, 5.74) is 0. The highest BCUT2D eigenvalue weighted by Crippen LogP contribution is 2.36. The topological polar surface area (TPSA) is 115 Å². The molecule has 10 atom stereocenters. The molecule has 10 unspecified atom stereocenters. The summed E-state index contributed by atoms with van der Waals surface area (Å²) in [5.74, 6) is 1.85. The van der Waals surface area contributed by atoms with Crippen molar-refractivity contribution in [2.75, 3.05) is 14.2 Å². The van der Waals surface area contributed by atoms with E-state index in [-0.39, 0.29) is 12.1 Å². The molecule has 0 aliphatic carbocycles. The number of aliphatic hydroxyl groups is 3. The van der Waals surface area contributed by atoms with Crippen LogP contribution in [0.2, 0.25) is 0 Å². The van der Waals surface area contributed by atoms with Crippen molar-refractivity contribution in [2.24, 2.45) is 17.8 Å². The number of allylic oxidation sites excluding steroid dienone is 1. The number of carbonyl (C=O) groups excluding carboxylic acids is 1. The standard InChI is InChI=1S/C11H22O2.C8H16O5.C4H6O/c1-6-10-8(3)7(2)9(4)11(12-5)13-10;1-3-4-5(9)6(10)7(11)8(12-2)13-4;1-3-4(2)5/h7-11H,6H2,1-5H3;4-11H,3H2,1-2H3;3H,1H2,2H3. The Bertz CT molecular complexity index is 438. The maximum Gasteiger partial charge on any atom is 0.186 e. The minimum atomic E-state index is -1.20. The van der Waals surface area contributed by atoms with E-state index in [1.807, 2.05) is 6.92 Å². The third kappa shape index (κ3) is 8.88. The van der Waals surface area contributed by atoms with Gasteiger partial charge in [-0.25, -0.2) is 0 Å². The average molecular weight is 449 g/mol. The lowest BCUT2D eigenvalue weighted by atomic mass is 9.78. The Morgan fingerprint density at radius 2 is 1.29 bits per heavy atom. The Morgan fingerprint density at radius 1 is 0.839 bits per heavy atom. The summed E-state index contributed by atoms with van der Waals surface area (Å²) in [7, 11) is 3.11. The van der Waals surface area contributed by atoms with E-state index in [0.717, 1.165) is 6.42 Å². The molecule has 0 amide bonds. The van der Waals surface area contributed by atoms with Crippen LogP contribution in [0.4, 0.5) is 0 Å². The molecule has 2 aliphatic heterocycles. The van der Waals surface area contributed by atoms with Crippen molar-refractivity contribution in [1.82, 2.24) is 0 Å². The first-order chi connectivity index (χ1) is 14.5. The smallest absolute Gasteiger partial charge is 0.186 e. The fraction of sp³-hybridized carbons (Fsp3) is 0.870. The van der Waals surface area contributed by atoms with E-state index >= 15 is 0 Å². The number of ketones is 1. The Hall–Kier alpha value is -0.870. The van der Waals surface area contributed by atoms with Gasteiger partial charge in [0.1, 0.15) is 18.3 Å². The molecule has 2 heterocycles. The molecule has 2 aliphatic rings. The minimum absolute atomic E-state index is 0.00356. The van der Waals surface area contributed by atoms with Crippen LogP contribution in [0.3, 0.4) is 0 Å². The van der Waals surface area contributed by atoms with Crippen LogP contribution in [0, 0.1) is 17.8 Å². The van der Waals surface area contributed by atoms with Gasteiger partial charge in [0, 0.05) is 20.1 Å². The van der Waals surface area contributed by atoms with Crippen LogP contribution in [0.1, 0.15) is 54.4 Å². The average Bonchev–Trinajstić information content (AvgIpc) is 2.77. The quantitative estimate of drug-likeness (QED) is 0.549. The van der Waals surface area contributed by atoms with E-state index < -0.39 is 30.7 Å². The third-order valence-electron chi connectivity index (χ3n) is 6.21. The molecular weight excluding hydrogens is 404 g/mol. The lowest BCUT2D eigenvalue weighted by Crippen LogP contribution is -2.57. The predicted molar refractivity (Wildman–Crippen MR) is 118 cm³/mol. The van der Waals surface area contributed by atoms with E-state index in [9.17, 15) is 20.1 Å². The molecule has 0 saturated carbocycles. The first-order valence-corrected chi connectivity index (χ1v) is 11.0. The zero-order chi connectivity index (χ0) is 24.3. The fourth-order valence-electron chi connectivity index (χ4n) is 3.67. The van der Waals surface area contributed by atoms with Gasteiger partial charge >= 0.3 is 0 Å². The van der Waals surface area contributed by atoms with Crippen molar-refractivity contribution in [3.63, 3.8) is 0 Å². The summed E-state index contributed by atoms with van der Waals surface area (Å²) in [5, 5.41) is 28.2. The fourth-order valence-corrected chi connectivity index (χ4v) is 3.67. The van der Waals surface area contributed by atoms with Gasteiger partial charge < -0.3 is 34.3 Å². The van der Waals surface area contributed by atoms with Crippen LogP contribution < -0.4 is 0 Å². The highest BCUT2D eigenvalue weighted by atomic mass is 16.7. The summed E-state index contributed by atoms with van der Waals surface area (Å²) in [6.45, 7) is 15.5. The molecule has 0 radical (unpaired) electrons. The molecule has 2 fully saturated rings. The molecule has 8 nitrogen and oxygen atoms in total. The number of hydrogen-bond acceptors (Lipinski definition) is 8. The predicted octanol–water partition coefficient (Wildman–Crippen LogP) is 2.29. The number of methoxy groups -OCH3 is 2. The number of hydrogen-bond donors (Lipinski definition) is 3. The van der Waals surface area contributed by atoms with Crippen molar-refractivity contribution in [3.8, 4) is 0 Å². The lowest BCUT2D eigenvalue weighted by molar-refractivity contribution is -0.290. The van der Waals surface area contributed by atoms with Crippen LogP contribution in [0.5, 0.6) is 0 Å². The molecule has 0 spiro atoms. The van der Waals surface area contributed by atoms with Gasteiger partial charge in [0.25, 0.3) is 0 Å². The van der Waals surface area contributed by atoms with Crippen molar-refractivity contribution in [1.29, 1.82) is 0 Å². The molecule has 3 N–H and O–H groups in total. The van der Waals surface area contributed by atoms with Gasteiger partial charge in [-0.2, -0.15) is 0 Å². The summed E-state index contributed by atoms with van der Waals surface area (Å²) >= 11 is 0. The van der Waals surface area contributed by atoms with E-state index in [1.165, 1.54) is 20.1 Å². The van der Waals surface area contributed by atoms with E-state index in [4.69, 9.17) is 18.9 Å². The van der Waals surface area contributed by atoms with Gasteiger partial charge in [-0.3, -0.25) is 4.79 Å². The Kier molecular flexibility index (Phi) is 14.6. The molecule has 31 heavy (non-hydrogen) atoms. The van der Waals surface area contributed by atoms with Crippen molar-refractivity contribution in [3.05, 3.63) is 12.7 Å². The molecule has 184 valence electrons. The third-order valence-corrected chi connectivity index (χ3v) is 6.21. The SMILES string of the molecule is C=CC(C)=O.CCC1OC(OC)C(C)C(C)C1C.CCC1OC(OC)C(O)C(O)C1O. The molecule has 0 aromatic heterocycles. The summed E-state index contributed by atoms with van der Waals surface area (Å²) in [6, 6.07) is 0. The van der Waals surface area contributed by atoms with E-state index in [1.54, 1.807) is 7.11 Å². The van der Waals surface area contributed by atoms with Crippen LogP contribution >= 0.6 is 0 Å². The second-order valence-corrected chi connectivity index (χ2v) is 8.24. The zero-order valence-corrected chi connectivity index (χ0v) is 20.4. The zero-order valence-electron chi connectivity index (χ0n) is 20.4. The van der Waals surface area contributed by atoms with Crippen molar-refractivity contribution >= 4 is 5.78 Å². The summed E-state index contributed by atoms with van der Waals surface area (Å²) in [4.78, 5) is 9.69. The van der Waals surface area contributed by atoms with Crippen LogP contribution in [-0.4, -0.2) is 78.4 Å². The molecule has 0 aromatic rings. The number of rotatable bonds is 5. The van der Waals surface area contributed by atoms with Gasteiger partial charge in [-0.05, 0) is 37.7 Å². The molecular formula is C23H44O8. The Morgan fingerprint density at radius 3 is 1.68 bits per heavy atom. The highest BCUT2D eigenvalue weighted by Gasteiger charge is 2.43. The highest BCUT2D eigenvalue weighted by molar-refractivity contribution is 5.86. The van der Waals surface area contributed by atoms with Crippen molar-refractivity contribution in [2.45, 2.75) is 97.5 Å². The maximum atomic E-state index is 9.69. The van der Waals surface area contributed by atoms with Crippen LogP contribution in [0.15, 0.2) is 12.7 Å². The molecule has 2 rings (SSSR count). The number of ether oxygens (including phenoxy) is 4. The lowest BCUT2D eigenvalue weighted by Gasteiger charge is -2.42. The minimum Gasteiger partial charge on any atom is -0.388 e. The largest absolute Gasteiger partial charge is 0.388 e. The first-order valence-electron chi connectivity index (χ1n) is 11.0. The monoisotopic (exact) mass is 448 g/mol. The van der Waals surface area contributed by atoms with E-state index in [2.05, 4.69) is 34.3 Å².